The minimum Gasteiger partial charge on any atom is -0.387 e. The number of carbonyl (C=O) groups is 1. The maximum atomic E-state index is 11.7. The molecule has 0 aliphatic heterocycles. The molecule has 1 aromatic rings. The van der Waals surface area contributed by atoms with Gasteiger partial charge in [-0.15, -0.1) is 11.3 Å². The number of nitrogens with one attached hydrogen (secondary N) is 1. The molecule has 0 spiro atoms. The molecule has 0 fully saturated rings. The molecule has 0 aliphatic rings. The van der Waals surface area contributed by atoms with Crippen LogP contribution in [0, 0.1) is 0 Å². The fraction of sp³-hybridized carbons (Fsp3) is 0.500. The van der Waals surface area contributed by atoms with Gasteiger partial charge in [0.2, 0.25) is 0 Å². The highest BCUT2D eigenvalue weighted by Gasteiger charge is 2.21. The minimum absolute atomic E-state index is 0.150. The number of halogens is 1. The third kappa shape index (κ3) is 4.08. The molecule has 3 nitrogen and oxygen atoms in total. The molecule has 0 bridgehead atoms. The molecule has 0 saturated carbocycles. The second kappa shape index (κ2) is 6.05. The van der Waals surface area contributed by atoms with Crippen LogP contribution in [-0.2, 0) is 0 Å². The Morgan fingerprint density at radius 1 is 1.75 bits per heavy atom. The summed E-state index contributed by atoms with van der Waals surface area (Å²) >= 11 is 6.23. The van der Waals surface area contributed by atoms with E-state index in [0.29, 0.717) is 10.6 Å². The van der Waals surface area contributed by atoms with Crippen LogP contribution in [0.1, 0.15) is 16.6 Å². The molecule has 90 valence electrons. The van der Waals surface area contributed by atoms with Gasteiger partial charge in [0.05, 0.1) is 5.60 Å². The van der Waals surface area contributed by atoms with Gasteiger partial charge in [-0.3, -0.25) is 4.79 Å². The van der Waals surface area contributed by atoms with Gasteiger partial charge in [0.15, 0.2) is 0 Å². The first-order valence-corrected chi connectivity index (χ1v) is 7.75. The average Bonchev–Trinajstić information content (AvgIpc) is 2.61. The molecule has 16 heavy (non-hydrogen) atoms. The van der Waals surface area contributed by atoms with Gasteiger partial charge >= 0.3 is 0 Å². The molecule has 0 aromatic carbocycles. The summed E-state index contributed by atoms with van der Waals surface area (Å²) in [7, 11) is 0. The fourth-order valence-electron chi connectivity index (χ4n) is 1.17. The number of carbonyl (C=O) groups excluding carboxylic acids is 1. The van der Waals surface area contributed by atoms with Crippen molar-refractivity contribution in [3.8, 4) is 0 Å². The zero-order valence-electron chi connectivity index (χ0n) is 9.12. The van der Waals surface area contributed by atoms with Gasteiger partial charge in [0.1, 0.15) is 4.88 Å². The largest absolute Gasteiger partial charge is 0.387 e. The molecule has 1 heterocycles. The van der Waals surface area contributed by atoms with Gasteiger partial charge in [0.25, 0.3) is 5.91 Å². The van der Waals surface area contributed by atoms with E-state index in [1.54, 1.807) is 18.7 Å². The first kappa shape index (κ1) is 14.0. The standard InChI is InChI=1S/C10H14BrNO2S2/c1-10(14,6-15-2)5-12-9(13)8-7(11)3-4-16-8/h3-4,14H,5-6H2,1-2H3,(H,12,13)/t10-/m1/s1. The number of thioether (sulfide) groups is 1. The van der Waals surface area contributed by atoms with Crippen LogP contribution in [0.2, 0.25) is 0 Å². The van der Waals surface area contributed by atoms with Gasteiger partial charge in [0, 0.05) is 16.8 Å². The summed E-state index contributed by atoms with van der Waals surface area (Å²) in [6.07, 6.45) is 1.92. The Morgan fingerprint density at radius 2 is 2.44 bits per heavy atom. The Labute approximate surface area is 112 Å². The molecule has 0 unspecified atom stereocenters. The second-order valence-electron chi connectivity index (χ2n) is 3.71. The lowest BCUT2D eigenvalue weighted by Crippen LogP contribution is -2.42. The van der Waals surface area contributed by atoms with Gasteiger partial charge < -0.3 is 10.4 Å². The zero-order chi connectivity index (χ0) is 12.2. The van der Waals surface area contributed by atoms with Crippen molar-refractivity contribution in [3.63, 3.8) is 0 Å². The van der Waals surface area contributed by atoms with Crippen molar-refractivity contribution in [2.24, 2.45) is 0 Å². The van der Waals surface area contributed by atoms with E-state index in [0.717, 1.165) is 4.47 Å². The molecule has 1 atom stereocenters. The molecule has 0 aliphatic carbocycles. The fourth-order valence-corrected chi connectivity index (χ4v) is 3.36. The molecule has 6 heteroatoms. The normalized spacial score (nSPS) is 14.5. The highest BCUT2D eigenvalue weighted by atomic mass is 79.9. The average molecular weight is 324 g/mol. The summed E-state index contributed by atoms with van der Waals surface area (Å²) in [5.74, 6) is 0.446. The van der Waals surface area contributed by atoms with Gasteiger partial charge in [-0.05, 0) is 40.6 Å². The third-order valence-corrected chi connectivity index (χ3v) is 4.66. The summed E-state index contributed by atoms with van der Waals surface area (Å²) in [6, 6.07) is 1.83. The predicted molar refractivity (Wildman–Crippen MR) is 73.4 cm³/mol. The summed E-state index contributed by atoms with van der Waals surface area (Å²) < 4.78 is 0.791. The molecular weight excluding hydrogens is 310 g/mol. The molecule has 1 aromatic heterocycles. The smallest absolute Gasteiger partial charge is 0.262 e. The van der Waals surface area contributed by atoms with E-state index in [2.05, 4.69) is 21.2 Å². The number of rotatable bonds is 5. The second-order valence-corrected chi connectivity index (χ2v) is 6.35. The van der Waals surface area contributed by atoms with Crippen molar-refractivity contribution < 1.29 is 9.90 Å². The molecule has 0 radical (unpaired) electrons. The highest BCUT2D eigenvalue weighted by molar-refractivity contribution is 9.10. The minimum atomic E-state index is -0.862. The summed E-state index contributed by atoms with van der Waals surface area (Å²) in [5, 5.41) is 14.5. The number of hydrogen-bond acceptors (Lipinski definition) is 4. The van der Waals surface area contributed by atoms with E-state index < -0.39 is 5.60 Å². The van der Waals surface area contributed by atoms with Crippen LogP contribution in [0.4, 0.5) is 0 Å². The Hall–Kier alpha value is -0.0400. The molecule has 2 N–H and O–H groups in total. The van der Waals surface area contributed by atoms with Crippen LogP contribution < -0.4 is 5.32 Å². The maximum Gasteiger partial charge on any atom is 0.262 e. The van der Waals surface area contributed by atoms with Crippen molar-refractivity contribution in [3.05, 3.63) is 20.8 Å². The van der Waals surface area contributed by atoms with Crippen LogP contribution in [0.25, 0.3) is 0 Å². The lowest BCUT2D eigenvalue weighted by Gasteiger charge is -2.22. The third-order valence-electron chi connectivity index (χ3n) is 1.91. The topological polar surface area (TPSA) is 49.3 Å². The SMILES string of the molecule is CSC[C@](C)(O)CNC(=O)c1sccc1Br. The monoisotopic (exact) mass is 323 g/mol. The maximum absolute atomic E-state index is 11.7. The van der Waals surface area contributed by atoms with Crippen molar-refractivity contribution in [1.82, 2.24) is 5.32 Å². The van der Waals surface area contributed by atoms with E-state index >= 15 is 0 Å². The lowest BCUT2D eigenvalue weighted by molar-refractivity contribution is 0.0727. The highest BCUT2D eigenvalue weighted by Crippen LogP contribution is 2.22. The van der Waals surface area contributed by atoms with Crippen molar-refractivity contribution >= 4 is 44.9 Å². The van der Waals surface area contributed by atoms with Crippen LogP contribution in [0.3, 0.4) is 0 Å². The Balaban J connectivity index is 2.51. The van der Waals surface area contributed by atoms with Gasteiger partial charge in [-0.1, -0.05) is 0 Å². The van der Waals surface area contributed by atoms with Crippen LogP contribution >= 0.6 is 39.0 Å². The predicted octanol–water partition coefficient (Wildman–Crippen LogP) is 2.35. The molecule has 1 rings (SSSR count). The summed E-state index contributed by atoms with van der Waals surface area (Å²) in [5.41, 5.74) is -0.862. The Bertz CT molecular complexity index is 365. The number of thiophene rings is 1. The van der Waals surface area contributed by atoms with Crippen LogP contribution in [0.5, 0.6) is 0 Å². The van der Waals surface area contributed by atoms with E-state index in [9.17, 15) is 9.90 Å². The zero-order valence-corrected chi connectivity index (χ0v) is 12.3. The Morgan fingerprint density at radius 3 is 2.94 bits per heavy atom. The van der Waals surface area contributed by atoms with E-state index in [4.69, 9.17) is 0 Å². The number of amides is 1. The Kier molecular flexibility index (Phi) is 5.30. The van der Waals surface area contributed by atoms with Crippen LogP contribution in [-0.4, -0.2) is 35.2 Å². The molecule has 0 saturated heterocycles. The van der Waals surface area contributed by atoms with Gasteiger partial charge in [-0.2, -0.15) is 11.8 Å². The van der Waals surface area contributed by atoms with Crippen LogP contribution in [0.15, 0.2) is 15.9 Å². The summed E-state index contributed by atoms with van der Waals surface area (Å²) in [4.78, 5) is 12.4. The first-order valence-electron chi connectivity index (χ1n) is 4.69. The van der Waals surface area contributed by atoms with E-state index in [-0.39, 0.29) is 12.5 Å². The van der Waals surface area contributed by atoms with Crippen molar-refractivity contribution in [2.45, 2.75) is 12.5 Å². The van der Waals surface area contributed by atoms with Gasteiger partial charge in [-0.25, -0.2) is 0 Å². The van der Waals surface area contributed by atoms with E-state index in [1.807, 2.05) is 17.7 Å². The quantitative estimate of drug-likeness (QED) is 0.874. The molecule has 1 amide bonds. The number of hydrogen-bond donors (Lipinski definition) is 2. The molecular formula is C10H14BrNO2S2. The lowest BCUT2D eigenvalue weighted by atomic mass is 10.1. The first-order chi connectivity index (χ1) is 7.46. The van der Waals surface area contributed by atoms with Crippen molar-refractivity contribution in [2.75, 3.05) is 18.6 Å². The van der Waals surface area contributed by atoms with E-state index in [1.165, 1.54) is 11.3 Å². The summed E-state index contributed by atoms with van der Waals surface area (Å²) in [6.45, 7) is 1.98. The number of aliphatic hydroxyl groups is 1. The van der Waals surface area contributed by atoms with Crippen molar-refractivity contribution in [1.29, 1.82) is 0 Å².